The van der Waals surface area contributed by atoms with Gasteiger partial charge in [-0.2, -0.15) is 0 Å². The fourth-order valence-electron chi connectivity index (χ4n) is 2.39. The number of nitrogens with zero attached hydrogens (tertiary/aromatic N) is 3. The Labute approximate surface area is 147 Å². The molecule has 2 rings (SSSR count). The van der Waals surface area contributed by atoms with E-state index in [0.717, 1.165) is 18.7 Å². The lowest BCUT2D eigenvalue weighted by atomic mass is 10.2. The molecule has 1 amide bonds. The van der Waals surface area contributed by atoms with Gasteiger partial charge in [-0.05, 0) is 36.8 Å². The molecule has 0 spiro atoms. The minimum Gasteiger partial charge on any atom is -0.395 e. The highest BCUT2D eigenvalue weighted by molar-refractivity contribution is 6.01. The molecule has 0 bridgehead atoms. The molecule has 0 radical (unpaired) electrons. The minimum absolute atomic E-state index is 0.0648. The van der Waals surface area contributed by atoms with Crippen LogP contribution >= 0.6 is 0 Å². The van der Waals surface area contributed by atoms with Gasteiger partial charge in [-0.25, -0.2) is 9.97 Å². The number of amides is 1. The van der Waals surface area contributed by atoms with Crippen molar-refractivity contribution in [1.82, 2.24) is 9.97 Å². The van der Waals surface area contributed by atoms with Gasteiger partial charge in [-0.15, -0.1) is 0 Å². The van der Waals surface area contributed by atoms with Gasteiger partial charge < -0.3 is 20.6 Å². The van der Waals surface area contributed by atoms with E-state index in [1.807, 2.05) is 18.2 Å². The normalized spacial score (nSPS) is 10.2. The van der Waals surface area contributed by atoms with Gasteiger partial charge in [0.1, 0.15) is 12.1 Å². The van der Waals surface area contributed by atoms with Crippen LogP contribution in [0.5, 0.6) is 0 Å². The first-order valence-electron chi connectivity index (χ1n) is 8.14. The number of aliphatic hydroxyl groups excluding tert-OH is 1. The molecule has 1 aromatic carbocycles. The lowest BCUT2D eigenvalue weighted by Crippen LogP contribution is -2.27. The number of anilines is 4. The van der Waals surface area contributed by atoms with Crippen LogP contribution in [0.4, 0.5) is 22.9 Å². The number of hydrogen-bond donors (Lipinski definition) is 3. The summed E-state index contributed by atoms with van der Waals surface area (Å²) in [6.45, 7) is 6.98. The Bertz CT molecular complexity index is 700. The number of benzene rings is 1. The molecule has 0 saturated carbocycles. The van der Waals surface area contributed by atoms with Crippen molar-refractivity contribution in [2.45, 2.75) is 13.3 Å². The predicted molar refractivity (Wildman–Crippen MR) is 100 cm³/mol. The molecule has 132 valence electrons. The summed E-state index contributed by atoms with van der Waals surface area (Å²) in [5.74, 6) is 0.324. The summed E-state index contributed by atoms with van der Waals surface area (Å²) in [6.07, 6.45) is 5.26. The van der Waals surface area contributed by atoms with Gasteiger partial charge in [0, 0.05) is 25.0 Å². The molecule has 0 aliphatic rings. The van der Waals surface area contributed by atoms with Crippen LogP contribution in [0.15, 0.2) is 49.4 Å². The Morgan fingerprint density at radius 2 is 2.16 bits per heavy atom. The molecule has 7 nitrogen and oxygen atoms in total. The summed E-state index contributed by atoms with van der Waals surface area (Å²) in [6, 6.07) is 7.42. The maximum Gasteiger partial charge on any atom is 0.247 e. The number of rotatable bonds is 9. The molecular weight excluding hydrogens is 318 g/mol. The number of nitrogens with one attached hydrogen (secondary N) is 2. The Morgan fingerprint density at radius 3 is 2.80 bits per heavy atom. The third-order valence-corrected chi connectivity index (χ3v) is 3.52. The van der Waals surface area contributed by atoms with Gasteiger partial charge in [0.25, 0.3) is 0 Å². The monoisotopic (exact) mass is 341 g/mol. The first-order chi connectivity index (χ1) is 12.2. The quantitative estimate of drug-likeness (QED) is 0.607. The number of carbonyl (C=O) groups is 1. The van der Waals surface area contributed by atoms with Gasteiger partial charge in [-0.1, -0.05) is 13.5 Å². The van der Waals surface area contributed by atoms with Crippen LogP contribution in [0.25, 0.3) is 0 Å². The molecule has 0 aliphatic carbocycles. The van der Waals surface area contributed by atoms with Crippen molar-refractivity contribution >= 4 is 28.8 Å². The zero-order chi connectivity index (χ0) is 18.1. The highest BCUT2D eigenvalue weighted by Crippen LogP contribution is 2.30. The van der Waals surface area contributed by atoms with E-state index in [0.29, 0.717) is 23.7 Å². The van der Waals surface area contributed by atoms with Crippen molar-refractivity contribution in [3.05, 3.63) is 49.4 Å². The summed E-state index contributed by atoms with van der Waals surface area (Å²) >= 11 is 0. The number of hydrogen-bond acceptors (Lipinski definition) is 6. The van der Waals surface area contributed by atoms with Gasteiger partial charge in [0.2, 0.25) is 5.91 Å². The molecule has 25 heavy (non-hydrogen) atoms. The van der Waals surface area contributed by atoms with Crippen LogP contribution in [0, 0.1) is 0 Å². The lowest BCUT2D eigenvalue weighted by Gasteiger charge is -2.25. The zero-order valence-corrected chi connectivity index (χ0v) is 14.3. The summed E-state index contributed by atoms with van der Waals surface area (Å²) in [5.41, 5.74) is 2.24. The average molecular weight is 341 g/mol. The van der Waals surface area contributed by atoms with E-state index in [-0.39, 0.29) is 12.5 Å². The summed E-state index contributed by atoms with van der Waals surface area (Å²) in [4.78, 5) is 21.9. The summed E-state index contributed by atoms with van der Waals surface area (Å²) in [7, 11) is 0. The first-order valence-corrected chi connectivity index (χ1v) is 8.14. The summed E-state index contributed by atoms with van der Waals surface area (Å²) < 4.78 is 0. The van der Waals surface area contributed by atoms with Crippen LogP contribution in [0.2, 0.25) is 0 Å². The Hall–Kier alpha value is -2.93. The molecule has 7 heteroatoms. The topological polar surface area (TPSA) is 90.4 Å². The van der Waals surface area contributed by atoms with Crippen molar-refractivity contribution in [1.29, 1.82) is 0 Å². The molecule has 3 N–H and O–H groups in total. The highest BCUT2D eigenvalue weighted by Gasteiger charge is 2.11. The van der Waals surface area contributed by atoms with E-state index < -0.39 is 0 Å². The van der Waals surface area contributed by atoms with E-state index >= 15 is 0 Å². The maximum atomic E-state index is 11.8. The van der Waals surface area contributed by atoms with E-state index in [4.69, 9.17) is 0 Å². The van der Waals surface area contributed by atoms with Crippen molar-refractivity contribution < 1.29 is 9.90 Å². The van der Waals surface area contributed by atoms with Crippen molar-refractivity contribution in [2.24, 2.45) is 0 Å². The average Bonchev–Trinajstić information content (AvgIpc) is 2.63. The van der Waals surface area contributed by atoms with Crippen LogP contribution in [0.1, 0.15) is 13.3 Å². The Morgan fingerprint density at radius 1 is 1.32 bits per heavy atom. The van der Waals surface area contributed by atoms with Crippen LogP contribution < -0.4 is 15.5 Å². The van der Waals surface area contributed by atoms with Crippen molar-refractivity contribution in [3.63, 3.8) is 0 Å². The largest absolute Gasteiger partial charge is 0.395 e. The maximum absolute atomic E-state index is 11.8. The molecular formula is C18H23N5O2. The molecule has 0 atom stereocenters. The van der Waals surface area contributed by atoms with E-state index in [1.165, 1.54) is 12.4 Å². The Kier molecular flexibility index (Phi) is 6.91. The van der Waals surface area contributed by atoms with Gasteiger partial charge >= 0.3 is 0 Å². The molecule has 2 aromatic rings. The van der Waals surface area contributed by atoms with Gasteiger partial charge in [0.15, 0.2) is 0 Å². The molecule has 1 heterocycles. The first kappa shape index (κ1) is 18.4. The molecule has 0 unspecified atom stereocenters. The van der Waals surface area contributed by atoms with Crippen LogP contribution in [-0.2, 0) is 4.79 Å². The SMILES string of the molecule is C=CC(=O)Nc1cc(N(CCC)CCO)ccc1Nc1ccncn1. The van der Waals surface area contributed by atoms with Crippen LogP contribution in [0.3, 0.4) is 0 Å². The lowest BCUT2D eigenvalue weighted by molar-refractivity contribution is -0.111. The Balaban J connectivity index is 2.34. The molecule has 0 aliphatic heterocycles. The minimum atomic E-state index is -0.299. The van der Waals surface area contributed by atoms with Gasteiger partial charge in [-0.3, -0.25) is 4.79 Å². The second kappa shape index (κ2) is 9.39. The standard InChI is InChI=1S/C18H23N5O2/c1-3-9-23(10-11-24)14-5-6-15(16(12-14)22-18(25)4-2)21-17-7-8-19-13-20-17/h4-8,12-13,24H,2-3,9-11H2,1H3,(H,22,25)(H,19,20,21). The molecule has 0 saturated heterocycles. The number of carbonyl (C=O) groups excluding carboxylic acids is 1. The number of aliphatic hydroxyl groups is 1. The third-order valence-electron chi connectivity index (χ3n) is 3.52. The van der Waals surface area contributed by atoms with Crippen molar-refractivity contribution in [3.8, 4) is 0 Å². The fourth-order valence-corrected chi connectivity index (χ4v) is 2.39. The number of aromatic nitrogens is 2. The summed E-state index contributed by atoms with van der Waals surface area (Å²) in [5, 5.41) is 15.2. The van der Waals surface area contributed by atoms with E-state index in [1.54, 1.807) is 12.3 Å². The third kappa shape index (κ3) is 5.29. The second-order valence-electron chi connectivity index (χ2n) is 5.35. The smallest absolute Gasteiger partial charge is 0.247 e. The second-order valence-corrected chi connectivity index (χ2v) is 5.35. The zero-order valence-electron chi connectivity index (χ0n) is 14.3. The van der Waals surface area contributed by atoms with Crippen molar-refractivity contribution in [2.75, 3.05) is 35.2 Å². The predicted octanol–water partition coefficient (Wildman–Crippen LogP) is 2.55. The molecule has 0 fully saturated rings. The van der Waals surface area contributed by atoms with Gasteiger partial charge in [0.05, 0.1) is 18.0 Å². The fraction of sp³-hybridized carbons (Fsp3) is 0.278. The van der Waals surface area contributed by atoms with E-state index in [9.17, 15) is 9.90 Å². The van der Waals surface area contributed by atoms with Crippen LogP contribution in [-0.4, -0.2) is 40.7 Å². The molecule has 1 aromatic heterocycles. The van der Waals surface area contributed by atoms with E-state index in [2.05, 4.69) is 39.0 Å². The highest BCUT2D eigenvalue weighted by atomic mass is 16.3.